The number of hydrogen-bond acceptors (Lipinski definition) is 2. The van der Waals surface area contributed by atoms with Gasteiger partial charge in [-0.15, -0.1) is 6.58 Å². The fraction of sp³-hybridized carbons (Fsp3) is 0.667. The van der Waals surface area contributed by atoms with Crippen molar-refractivity contribution in [3.63, 3.8) is 0 Å². The lowest BCUT2D eigenvalue weighted by molar-refractivity contribution is -0.152. The van der Waals surface area contributed by atoms with Gasteiger partial charge in [-0.05, 0) is 12.8 Å². The molecule has 0 bridgehead atoms. The van der Waals surface area contributed by atoms with Crippen molar-refractivity contribution >= 4 is 5.97 Å². The van der Waals surface area contributed by atoms with Crippen LogP contribution in [0.25, 0.3) is 0 Å². The highest BCUT2D eigenvalue weighted by Gasteiger charge is 2.39. The number of hydrogen-bond donors (Lipinski definition) is 2. The summed E-state index contributed by atoms with van der Waals surface area (Å²) >= 11 is 0. The Kier molecular flexibility index (Phi) is 3.46. The highest BCUT2D eigenvalue weighted by molar-refractivity contribution is 5.77. The minimum atomic E-state index is -1.24. The molecule has 3 heteroatoms. The highest BCUT2D eigenvalue weighted by atomic mass is 16.4. The van der Waals surface area contributed by atoms with Crippen molar-refractivity contribution < 1.29 is 15.0 Å². The number of rotatable bonds is 4. The van der Waals surface area contributed by atoms with Gasteiger partial charge >= 0.3 is 5.97 Å². The lowest BCUT2D eigenvalue weighted by Gasteiger charge is -2.29. The van der Waals surface area contributed by atoms with Crippen LogP contribution < -0.4 is 0 Å². The second-order valence-electron chi connectivity index (χ2n) is 3.48. The van der Waals surface area contributed by atoms with Crippen molar-refractivity contribution in [1.82, 2.24) is 0 Å². The van der Waals surface area contributed by atoms with E-state index in [1.165, 1.54) is 13.0 Å². The molecule has 0 aliphatic carbocycles. The predicted octanol–water partition coefficient (Wildman–Crippen LogP) is 1.28. The van der Waals surface area contributed by atoms with Gasteiger partial charge in [0.1, 0.15) is 5.41 Å². The summed E-state index contributed by atoms with van der Waals surface area (Å²) in [5.74, 6) is -1.14. The predicted molar refractivity (Wildman–Crippen MR) is 46.8 cm³/mol. The first kappa shape index (κ1) is 11.2. The summed E-state index contributed by atoms with van der Waals surface area (Å²) in [7, 11) is 0. The summed E-state index contributed by atoms with van der Waals surface area (Å²) < 4.78 is 0. The number of aliphatic hydroxyl groups excluding tert-OH is 1. The van der Waals surface area contributed by atoms with Crippen LogP contribution in [-0.4, -0.2) is 22.3 Å². The molecular formula is C9H16O3. The van der Waals surface area contributed by atoms with Crippen molar-refractivity contribution in [3.05, 3.63) is 12.7 Å². The average Bonchev–Trinajstić information content (AvgIpc) is 2.01. The van der Waals surface area contributed by atoms with E-state index in [0.29, 0.717) is 0 Å². The average molecular weight is 172 g/mol. The number of carbonyl (C=O) groups is 1. The van der Waals surface area contributed by atoms with Crippen molar-refractivity contribution in [2.75, 3.05) is 0 Å². The molecule has 0 amide bonds. The van der Waals surface area contributed by atoms with Crippen molar-refractivity contribution in [2.45, 2.75) is 26.9 Å². The Morgan fingerprint density at radius 1 is 1.58 bits per heavy atom. The molecule has 0 saturated heterocycles. The highest BCUT2D eigenvalue weighted by Crippen LogP contribution is 2.27. The first-order chi connectivity index (χ1) is 5.36. The molecule has 12 heavy (non-hydrogen) atoms. The second kappa shape index (κ2) is 3.72. The van der Waals surface area contributed by atoms with Crippen LogP contribution in [0.5, 0.6) is 0 Å². The Balaban J connectivity index is 4.75. The molecule has 0 aliphatic heterocycles. The normalized spacial score (nSPS) is 18.4. The van der Waals surface area contributed by atoms with Gasteiger partial charge in [-0.1, -0.05) is 19.9 Å². The number of carboxylic acid groups (broad SMARTS) is 1. The third-order valence-electron chi connectivity index (χ3n) is 2.13. The molecule has 0 radical (unpaired) electrons. The summed E-state index contributed by atoms with van der Waals surface area (Å²) in [6.45, 7) is 8.43. The Morgan fingerprint density at radius 2 is 2.00 bits per heavy atom. The van der Waals surface area contributed by atoms with Crippen LogP contribution in [0.2, 0.25) is 0 Å². The maximum Gasteiger partial charge on any atom is 0.315 e. The number of carboxylic acids is 1. The molecule has 0 rings (SSSR count). The molecule has 0 aromatic rings. The van der Waals surface area contributed by atoms with Crippen LogP contribution in [-0.2, 0) is 4.79 Å². The van der Waals surface area contributed by atoms with E-state index in [0.717, 1.165) is 0 Å². The zero-order valence-electron chi connectivity index (χ0n) is 7.74. The SMILES string of the molecule is C=CC(C)(C(=O)O)C(O)C(C)C. The Hall–Kier alpha value is -0.830. The van der Waals surface area contributed by atoms with E-state index in [1.807, 2.05) is 0 Å². The fourth-order valence-electron chi connectivity index (χ4n) is 1.03. The quantitative estimate of drug-likeness (QED) is 0.628. The maximum atomic E-state index is 10.8. The van der Waals surface area contributed by atoms with Gasteiger partial charge in [0, 0.05) is 0 Å². The fourth-order valence-corrected chi connectivity index (χ4v) is 1.03. The van der Waals surface area contributed by atoms with Crippen LogP contribution in [0.1, 0.15) is 20.8 Å². The van der Waals surface area contributed by atoms with E-state index in [2.05, 4.69) is 6.58 Å². The molecule has 0 spiro atoms. The molecule has 0 aromatic heterocycles. The van der Waals surface area contributed by atoms with Gasteiger partial charge in [0.05, 0.1) is 6.10 Å². The second-order valence-corrected chi connectivity index (χ2v) is 3.48. The van der Waals surface area contributed by atoms with Gasteiger partial charge < -0.3 is 10.2 Å². The third kappa shape index (κ3) is 1.85. The largest absolute Gasteiger partial charge is 0.481 e. The van der Waals surface area contributed by atoms with E-state index in [4.69, 9.17) is 5.11 Å². The van der Waals surface area contributed by atoms with Gasteiger partial charge in [0.25, 0.3) is 0 Å². The van der Waals surface area contributed by atoms with Crippen LogP contribution >= 0.6 is 0 Å². The molecule has 2 N–H and O–H groups in total. The van der Waals surface area contributed by atoms with Gasteiger partial charge in [-0.25, -0.2) is 0 Å². The van der Waals surface area contributed by atoms with Crippen molar-refractivity contribution in [3.8, 4) is 0 Å². The summed E-state index contributed by atoms with van der Waals surface area (Å²) in [5, 5.41) is 18.4. The Labute approximate surface area is 72.7 Å². The first-order valence-electron chi connectivity index (χ1n) is 3.91. The smallest absolute Gasteiger partial charge is 0.315 e. The lowest BCUT2D eigenvalue weighted by atomic mass is 9.79. The van der Waals surface area contributed by atoms with Gasteiger partial charge in [0.2, 0.25) is 0 Å². The van der Waals surface area contributed by atoms with Gasteiger partial charge in [0.15, 0.2) is 0 Å². The molecular weight excluding hydrogens is 156 g/mol. The molecule has 0 saturated carbocycles. The minimum Gasteiger partial charge on any atom is -0.481 e. The molecule has 2 atom stereocenters. The molecule has 3 nitrogen and oxygen atoms in total. The zero-order valence-corrected chi connectivity index (χ0v) is 7.74. The van der Waals surface area contributed by atoms with Crippen LogP contribution in [0.3, 0.4) is 0 Å². The Bertz CT molecular complexity index is 186. The van der Waals surface area contributed by atoms with E-state index >= 15 is 0 Å². The summed E-state index contributed by atoms with van der Waals surface area (Å²) in [6.07, 6.45) is 0.382. The zero-order chi connectivity index (χ0) is 9.94. The summed E-state index contributed by atoms with van der Waals surface area (Å²) in [4.78, 5) is 10.8. The summed E-state index contributed by atoms with van der Waals surface area (Å²) in [6, 6.07) is 0. The third-order valence-corrected chi connectivity index (χ3v) is 2.13. The monoisotopic (exact) mass is 172 g/mol. The van der Waals surface area contributed by atoms with Crippen LogP contribution in [0.4, 0.5) is 0 Å². The number of aliphatic hydroxyl groups is 1. The first-order valence-corrected chi connectivity index (χ1v) is 3.91. The van der Waals surface area contributed by atoms with Crippen molar-refractivity contribution in [2.24, 2.45) is 11.3 Å². The lowest BCUT2D eigenvalue weighted by Crippen LogP contribution is -2.41. The number of aliphatic carboxylic acids is 1. The van der Waals surface area contributed by atoms with E-state index in [9.17, 15) is 9.90 Å². The van der Waals surface area contributed by atoms with E-state index < -0.39 is 17.5 Å². The summed E-state index contributed by atoms with van der Waals surface area (Å²) in [5.41, 5.74) is -1.24. The van der Waals surface area contributed by atoms with Gasteiger partial charge in [-0.3, -0.25) is 4.79 Å². The molecule has 0 fully saturated rings. The Morgan fingerprint density at radius 3 is 2.08 bits per heavy atom. The van der Waals surface area contributed by atoms with Crippen molar-refractivity contribution in [1.29, 1.82) is 0 Å². The molecule has 0 aliphatic rings. The van der Waals surface area contributed by atoms with E-state index in [-0.39, 0.29) is 5.92 Å². The molecule has 0 aromatic carbocycles. The standard InChI is InChI=1S/C9H16O3/c1-5-9(4,8(11)12)7(10)6(2)3/h5-7,10H,1H2,2-4H3,(H,11,12). The maximum absolute atomic E-state index is 10.8. The van der Waals surface area contributed by atoms with E-state index in [1.54, 1.807) is 13.8 Å². The van der Waals surface area contributed by atoms with Crippen LogP contribution in [0.15, 0.2) is 12.7 Å². The topological polar surface area (TPSA) is 57.5 Å². The van der Waals surface area contributed by atoms with Gasteiger partial charge in [-0.2, -0.15) is 0 Å². The van der Waals surface area contributed by atoms with Crippen LogP contribution in [0, 0.1) is 11.3 Å². The minimum absolute atomic E-state index is 0.0934. The molecule has 0 heterocycles. The molecule has 70 valence electrons. The molecule has 2 unspecified atom stereocenters.